The fourth-order valence-corrected chi connectivity index (χ4v) is 3.29. The van der Waals surface area contributed by atoms with Crippen LogP contribution < -0.4 is 10.1 Å². The van der Waals surface area contributed by atoms with Crippen LogP contribution >= 0.6 is 23.2 Å². The summed E-state index contributed by atoms with van der Waals surface area (Å²) in [5.41, 5.74) is 3.34. The molecule has 3 rings (SSSR count). The van der Waals surface area contributed by atoms with E-state index in [0.29, 0.717) is 28.9 Å². The first-order valence-corrected chi connectivity index (χ1v) is 9.90. The minimum Gasteiger partial charge on any atom is -0.489 e. The molecular weight excluding hydrogens is 409 g/mol. The zero-order chi connectivity index (χ0) is 20.8. The molecule has 0 saturated heterocycles. The van der Waals surface area contributed by atoms with Gasteiger partial charge < -0.3 is 15.2 Å². The summed E-state index contributed by atoms with van der Waals surface area (Å²) in [5, 5.41) is 13.8. The van der Waals surface area contributed by atoms with Gasteiger partial charge in [0.25, 0.3) is 0 Å². The molecule has 2 N–H and O–H groups in total. The second-order valence-electron chi connectivity index (χ2n) is 6.69. The van der Waals surface area contributed by atoms with Crippen LogP contribution in [-0.4, -0.2) is 11.1 Å². The highest BCUT2D eigenvalue weighted by atomic mass is 35.5. The Bertz CT molecular complexity index is 990. The zero-order valence-corrected chi connectivity index (χ0v) is 17.4. The maximum atomic E-state index is 11.0. The molecule has 0 aromatic heterocycles. The van der Waals surface area contributed by atoms with Gasteiger partial charge in [0, 0.05) is 22.6 Å². The number of ether oxygens (including phenoxy) is 1. The number of hydrogen-bond acceptors (Lipinski definition) is 3. The van der Waals surface area contributed by atoms with Crippen molar-refractivity contribution < 1.29 is 14.6 Å². The van der Waals surface area contributed by atoms with Crippen LogP contribution in [0, 0.1) is 0 Å². The van der Waals surface area contributed by atoms with Crippen molar-refractivity contribution in [2.24, 2.45) is 0 Å². The number of carbonyl (C=O) groups is 1. The molecule has 0 aliphatic carbocycles. The fourth-order valence-electron chi connectivity index (χ4n) is 2.91. The molecule has 1 atom stereocenters. The summed E-state index contributed by atoms with van der Waals surface area (Å²) in [6.07, 6.45) is 0. The largest absolute Gasteiger partial charge is 0.489 e. The summed E-state index contributed by atoms with van der Waals surface area (Å²) in [6.45, 7) is 3.02. The number of carboxylic acids is 1. The van der Waals surface area contributed by atoms with Gasteiger partial charge >= 0.3 is 5.97 Å². The third kappa shape index (κ3) is 5.97. The van der Waals surface area contributed by atoms with Gasteiger partial charge in [-0.15, -0.1) is 0 Å². The molecular formula is C23H21Cl2NO3. The Morgan fingerprint density at radius 2 is 1.72 bits per heavy atom. The normalized spacial score (nSPS) is 11.8. The topological polar surface area (TPSA) is 58.6 Å². The van der Waals surface area contributed by atoms with Crippen LogP contribution in [0.1, 0.15) is 40.0 Å². The highest BCUT2D eigenvalue weighted by Gasteiger charge is 2.10. The third-order valence-electron chi connectivity index (χ3n) is 4.62. The lowest BCUT2D eigenvalue weighted by atomic mass is 10.0. The van der Waals surface area contributed by atoms with Crippen molar-refractivity contribution in [3.8, 4) is 5.75 Å². The Morgan fingerprint density at radius 3 is 2.41 bits per heavy atom. The van der Waals surface area contributed by atoms with Gasteiger partial charge in [-0.1, -0.05) is 47.5 Å². The monoisotopic (exact) mass is 429 g/mol. The van der Waals surface area contributed by atoms with Crippen LogP contribution in [0.15, 0.2) is 66.7 Å². The number of hydrogen-bond donors (Lipinski definition) is 2. The molecule has 150 valence electrons. The Morgan fingerprint density at radius 1 is 1.00 bits per heavy atom. The number of aromatic carboxylic acids is 1. The molecule has 3 aromatic carbocycles. The predicted molar refractivity (Wildman–Crippen MR) is 116 cm³/mol. The van der Waals surface area contributed by atoms with E-state index in [1.54, 1.807) is 24.3 Å². The minimum atomic E-state index is -0.930. The molecule has 0 aliphatic heterocycles. The number of halogens is 2. The first kappa shape index (κ1) is 21.2. The average molecular weight is 430 g/mol. The van der Waals surface area contributed by atoms with Crippen LogP contribution in [0.2, 0.25) is 10.0 Å². The first-order chi connectivity index (χ1) is 13.9. The second-order valence-corrected chi connectivity index (χ2v) is 7.56. The van der Waals surface area contributed by atoms with Crippen molar-refractivity contribution in [2.45, 2.75) is 26.1 Å². The van der Waals surface area contributed by atoms with Gasteiger partial charge in [0.1, 0.15) is 12.4 Å². The highest BCUT2D eigenvalue weighted by molar-refractivity contribution is 6.31. The number of nitrogens with one attached hydrogen (secondary N) is 1. The smallest absolute Gasteiger partial charge is 0.335 e. The van der Waals surface area contributed by atoms with Crippen LogP contribution in [-0.2, 0) is 13.2 Å². The molecule has 0 radical (unpaired) electrons. The van der Waals surface area contributed by atoms with Crippen molar-refractivity contribution in [2.75, 3.05) is 0 Å². The van der Waals surface area contributed by atoms with Crippen molar-refractivity contribution in [3.05, 3.63) is 99.0 Å². The third-order valence-corrected chi connectivity index (χ3v) is 5.09. The lowest BCUT2D eigenvalue weighted by Crippen LogP contribution is -2.19. The molecule has 0 saturated carbocycles. The van der Waals surface area contributed by atoms with Crippen molar-refractivity contribution in [3.63, 3.8) is 0 Å². The van der Waals surface area contributed by atoms with E-state index < -0.39 is 5.97 Å². The van der Waals surface area contributed by atoms with E-state index in [0.717, 1.165) is 16.7 Å². The Labute approximate surface area is 180 Å². The lowest BCUT2D eigenvalue weighted by molar-refractivity contribution is 0.0697. The van der Waals surface area contributed by atoms with Gasteiger partial charge in [0.15, 0.2) is 0 Å². The Hall–Kier alpha value is -2.53. The Balaban J connectivity index is 1.66. The molecule has 4 nitrogen and oxygen atoms in total. The number of benzene rings is 3. The van der Waals surface area contributed by atoms with Crippen LogP contribution in [0.4, 0.5) is 0 Å². The van der Waals surface area contributed by atoms with E-state index in [9.17, 15) is 4.79 Å². The van der Waals surface area contributed by atoms with E-state index >= 15 is 0 Å². The van der Waals surface area contributed by atoms with E-state index in [1.165, 1.54) is 0 Å². The number of carboxylic acid groups (broad SMARTS) is 1. The summed E-state index contributed by atoms with van der Waals surface area (Å²) in [5.74, 6) is -0.223. The van der Waals surface area contributed by atoms with Crippen LogP contribution in [0.3, 0.4) is 0 Å². The van der Waals surface area contributed by atoms with Gasteiger partial charge in [0.2, 0.25) is 0 Å². The Kier molecular flexibility index (Phi) is 7.15. The molecule has 0 amide bonds. The first-order valence-electron chi connectivity index (χ1n) is 9.14. The lowest BCUT2D eigenvalue weighted by Gasteiger charge is -2.17. The maximum Gasteiger partial charge on any atom is 0.335 e. The van der Waals surface area contributed by atoms with E-state index in [1.807, 2.05) is 49.4 Å². The number of rotatable bonds is 8. The zero-order valence-electron chi connectivity index (χ0n) is 15.9. The SMILES string of the molecule is C[C@H](NCc1cc(Cl)ccc1COc1cccc(Cl)c1)c1ccc(C(=O)O)cc1. The van der Waals surface area contributed by atoms with E-state index in [2.05, 4.69) is 5.32 Å². The van der Waals surface area contributed by atoms with E-state index in [4.69, 9.17) is 33.0 Å². The molecule has 0 unspecified atom stereocenters. The molecule has 0 aliphatic rings. The molecule has 0 fully saturated rings. The van der Waals surface area contributed by atoms with Gasteiger partial charge in [-0.05, 0) is 66.1 Å². The predicted octanol–water partition coefficient (Wildman–Crippen LogP) is 6.12. The van der Waals surface area contributed by atoms with Crippen LogP contribution in [0.5, 0.6) is 5.75 Å². The summed E-state index contributed by atoms with van der Waals surface area (Å²) in [7, 11) is 0. The molecule has 29 heavy (non-hydrogen) atoms. The van der Waals surface area contributed by atoms with Crippen molar-refractivity contribution in [1.82, 2.24) is 5.32 Å². The van der Waals surface area contributed by atoms with E-state index in [-0.39, 0.29) is 11.6 Å². The van der Waals surface area contributed by atoms with Gasteiger partial charge in [-0.3, -0.25) is 0 Å². The summed E-state index contributed by atoms with van der Waals surface area (Å²) >= 11 is 12.2. The summed E-state index contributed by atoms with van der Waals surface area (Å²) in [4.78, 5) is 11.0. The second kappa shape index (κ2) is 9.79. The maximum absolute atomic E-state index is 11.0. The minimum absolute atomic E-state index is 0.0403. The molecule has 0 bridgehead atoms. The quantitative estimate of drug-likeness (QED) is 0.452. The fraction of sp³-hybridized carbons (Fsp3) is 0.174. The molecule has 6 heteroatoms. The highest BCUT2D eigenvalue weighted by Crippen LogP contribution is 2.22. The molecule has 3 aromatic rings. The van der Waals surface area contributed by atoms with Crippen LogP contribution in [0.25, 0.3) is 0 Å². The standard InChI is InChI=1S/C23H21Cl2NO3/c1-15(16-5-7-17(8-6-16)23(27)28)26-13-19-11-21(25)10-9-18(19)14-29-22-4-2-3-20(24)12-22/h2-12,15,26H,13-14H2,1H3,(H,27,28)/t15-/m0/s1. The average Bonchev–Trinajstić information content (AvgIpc) is 2.71. The van der Waals surface area contributed by atoms with Gasteiger partial charge in [0.05, 0.1) is 5.56 Å². The van der Waals surface area contributed by atoms with Gasteiger partial charge in [-0.25, -0.2) is 4.79 Å². The summed E-state index contributed by atoms with van der Waals surface area (Å²) < 4.78 is 5.87. The van der Waals surface area contributed by atoms with Crippen molar-refractivity contribution >= 4 is 29.2 Å². The summed E-state index contributed by atoms with van der Waals surface area (Å²) in [6, 6.07) is 19.9. The molecule has 0 spiro atoms. The molecule has 0 heterocycles. The van der Waals surface area contributed by atoms with Gasteiger partial charge in [-0.2, -0.15) is 0 Å². The van der Waals surface area contributed by atoms with Crippen molar-refractivity contribution in [1.29, 1.82) is 0 Å².